The molecule has 0 aromatic heterocycles. The fourth-order valence-electron chi connectivity index (χ4n) is 2.43. The zero-order valence-electron chi connectivity index (χ0n) is 10.0. The Kier molecular flexibility index (Phi) is 3.66. The number of carboxylic acid groups (broad SMARTS) is 1. The smallest absolute Gasteiger partial charge is 0.307 e. The van der Waals surface area contributed by atoms with Crippen molar-refractivity contribution in [3.05, 3.63) is 0 Å². The molecule has 1 aliphatic heterocycles. The Morgan fingerprint density at radius 3 is 2.71 bits per heavy atom. The largest absolute Gasteiger partial charge is 0.481 e. The van der Waals surface area contributed by atoms with Crippen molar-refractivity contribution in [1.29, 1.82) is 0 Å². The van der Waals surface area contributed by atoms with Gasteiger partial charge in [0.15, 0.2) is 0 Å². The molecule has 1 amide bonds. The fraction of sp³-hybridized carbons (Fsp3) is 0.833. The Balaban J connectivity index is 1.82. The predicted octanol–water partition coefficient (Wildman–Crippen LogP) is 0.781. The third-order valence-corrected chi connectivity index (χ3v) is 3.63. The molecule has 5 nitrogen and oxygen atoms in total. The van der Waals surface area contributed by atoms with E-state index in [1.54, 1.807) is 0 Å². The Hall–Kier alpha value is -1.10. The van der Waals surface area contributed by atoms with Gasteiger partial charge in [-0.25, -0.2) is 0 Å². The molecule has 1 aliphatic carbocycles. The molecule has 0 bridgehead atoms. The standard InChI is InChI=1S/C12H19NO4/c1-2-9(10-4-3-5-17-10)13-11(14)7-6-8(7)12(15)16/h7-10H,2-6H2,1H3,(H,13,14)(H,15,16). The molecule has 1 saturated heterocycles. The average Bonchev–Trinajstić information content (AvgIpc) is 2.94. The highest BCUT2D eigenvalue weighted by Crippen LogP contribution is 2.39. The SMILES string of the molecule is CCC(NC(=O)C1CC1C(=O)O)C1CCCO1. The zero-order valence-corrected chi connectivity index (χ0v) is 10.0. The first-order chi connectivity index (χ1) is 8.13. The van der Waals surface area contributed by atoms with E-state index in [4.69, 9.17) is 9.84 Å². The molecule has 0 spiro atoms. The predicted molar refractivity (Wildman–Crippen MR) is 60.4 cm³/mol. The highest BCUT2D eigenvalue weighted by molar-refractivity contribution is 5.89. The van der Waals surface area contributed by atoms with Crippen molar-refractivity contribution in [2.75, 3.05) is 6.61 Å². The lowest BCUT2D eigenvalue weighted by atomic mass is 10.1. The molecule has 0 aromatic rings. The topological polar surface area (TPSA) is 75.6 Å². The summed E-state index contributed by atoms with van der Waals surface area (Å²) in [5.74, 6) is -1.80. The summed E-state index contributed by atoms with van der Waals surface area (Å²) in [6.07, 6.45) is 3.42. The number of amides is 1. The van der Waals surface area contributed by atoms with Crippen molar-refractivity contribution in [2.24, 2.45) is 11.8 Å². The van der Waals surface area contributed by atoms with Gasteiger partial charge in [0, 0.05) is 6.61 Å². The maximum atomic E-state index is 11.8. The first-order valence-corrected chi connectivity index (χ1v) is 6.28. The normalized spacial score (nSPS) is 33.1. The van der Waals surface area contributed by atoms with Gasteiger partial charge in [0.25, 0.3) is 0 Å². The molecule has 4 unspecified atom stereocenters. The third-order valence-electron chi connectivity index (χ3n) is 3.63. The second kappa shape index (κ2) is 5.04. The molecular weight excluding hydrogens is 222 g/mol. The van der Waals surface area contributed by atoms with Crippen LogP contribution < -0.4 is 5.32 Å². The number of nitrogens with one attached hydrogen (secondary N) is 1. The maximum absolute atomic E-state index is 11.8. The van der Waals surface area contributed by atoms with Gasteiger partial charge in [0.2, 0.25) is 5.91 Å². The van der Waals surface area contributed by atoms with Gasteiger partial charge in [-0.2, -0.15) is 0 Å². The summed E-state index contributed by atoms with van der Waals surface area (Å²) in [5.41, 5.74) is 0. The molecule has 2 N–H and O–H groups in total. The van der Waals surface area contributed by atoms with Gasteiger partial charge in [-0.1, -0.05) is 6.92 Å². The third kappa shape index (κ3) is 2.77. The first kappa shape index (κ1) is 12.4. The Labute approximate surface area is 101 Å². The van der Waals surface area contributed by atoms with Crippen molar-refractivity contribution in [1.82, 2.24) is 5.32 Å². The van der Waals surface area contributed by atoms with E-state index in [0.29, 0.717) is 6.42 Å². The summed E-state index contributed by atoms with van der Waals surface area (Å²) in [7, 11) is 0. The van der Waals surface area contributed by atoms with Crippen LogP contribution >= 0.6 is 0 Å². The lowest BCUT2D eigenvalue weighted by Gasteiger charge is -2.22. The van der Waals surface area contributed by atoms with Gasteiger partial charge in [0.1, 0.15) is 0 Å². The van der Waals surface area contributed by atoms with Crippen LogP contribution in [0.2, 0.25) is 0 Å². The molecule has 4 atom stereocenters. The number of rotatable bonds is 5. The molecule has 5 heteroatoms. The maximum Gasteiger partial charge on any atom is 0.307 e. The van der Waals surface area contributed by atoms with Crippen molar-refractivity contribution >= 4 is 11.9 Å². The Morgan fingerprint density at radius 2 is 2.24 bits per heavy atom. The van der Waals surface area contributed by atoms with E-state index in [1.807, 2.05) is 6.92 Å². The molecule has 0 radical (unpaired) electrons. The van der Waals surface area contributed by atoms with Crippen LogP contribution in [-0.4, -0.2) is 35.7 Å². The van der Waals surface area contributed by atoms with Gasteiger partial charge < -0.3 is 15.2 Å². The number of ether oxygens (including phenoxy) is 1. The van der Waals surface area contributed by atoms with Crippen LogP contribution in [0.1, 0.15) is 32.6 Å². The zero-order chi connectivity index (χ0) is 12.4. The van der Waals surface area contributed by atoms with E-state index in [-0.39, 0.29) is 24.0 Å². The van der Waals surface area contributed by atoms with E-state index in [9.17, 15) is 9.59 Å². The van der Waals surface area contributed by atoms with Crippen LogP contribution in [-0.2, 0) is 14.3 Å². The molecule has 96 valence electrons. The van der Waals surface area contributed by atoms with Crippen molar-refractivity contribution < 1.29 is 19.4 Å². The van der Waals surface area contributed by atoms with Gasteiger partial charge >= 0.3 is 5.97 Å². The lowest BCUT2D eigenvalue weighted by molar-refractivity contribution is -0.140. The number of aliphatic carboxylic acids is 1. The van der Waals surface area contributed by atoms with Crippen LogP contribution in [0.5, 0.6) is 0 Å². The molecule has 1 saturated carbocycles. The lowest BCUT2D eigenvalue weighted by Crippen LogP contribution is -2.43. The van der Waals surface area contributed by atoms with Gasteiger partial charge in [-0.3, -0.25) is 9.59 Å². The summed E-state index contributed by atoms with van der Waals surface area (Å²) < 4.78 is 5.55. The van der Waals surface area contributed by atoms with Crippen LogP contribution in [0, 0.1) is 11.8 Å². The van der Waals surface area contributed by atoms with Crippen LogP contribution in [0.25, 0.3) is 0 Å². The number of carboxylic acids is 1. The van der Waals surface area contributed by atoms with Crippen molar-refractivity contribution in [2.45, 2.75) is 44.8 Å². The highest BCUT2D eigenvalue weighted by Gasteiger charge is 2.48. The molecule has 17 heavy (non-hydrogen) atoms. The monoisotopic (exact) mass is 241 g/mol. The van der Waals surface area contributed by atoms with Crippen molar-refractivity contribution in [3.8, 4) is 0 Å². The highest BCUT2D eigenvalue weighted by atomic mass is 16.5. The number of carbonyl (C=O) groups is 2. The number of carbonyl (C=O) groups excluding carboxylic acids is 1. The van der Waals surface area contributed by atoms with Gasteiger partial charge in [-0.15, -0.1) is 0 Å². The summed E-state index contributed by atoms with van der Waals surface area (Å²) in [6.45, 7) is 2.77. The van der Waals surface area contributed by atoms with E-state index >= 15 is 0 Å². The summed E-state index contributed by atoms with van der Waals surface area (Å²) in [6, 6.07) is 0.0278. The second-order valence-electron chi connectivity index (χ2n) is 4.86. The van der Waals surface area contributed by atoms with E-state index < -0.39 is 11.9 Å². The molecule has 2 rings (SSSR count). The average molecular weight is 241 g/mol. The van der Waals surface area contributed by atoms with Gasteiger partial charge in [0.05, 0.1) is 24.0 Å². The Morgan fingerprint density at radius 1 is 1.47 bits per heavy atom. The minimum Gasteiger partial charge on any atom is -0.481 e. The second-order valence-corrected chi connectivity index (χ2v) is 4.86. The summed E-state index contributed by atoms with van der Waals surface area (Å²) >= 11 is 0. The van der Waals surface area contributed by atoms with Crippen LogP contribution in [0.3, 0.4) is 0 Å². The number of hydrogen-bond donors (Lipinski definition) is 2. The molecule has 2 fully saturated rings. The van der Waals surface area contributed by atoms with Gasteiger partial charge in [-0.05, 0) is 25.7 Å². The first-order valence-electron chi connectivity index (χ1n) is 6.28. The van der Waals surface area contributed by atoms with E-state index in [0.717, 1.165) is 25.9 Å². The van der Waals surface area contributed by atoms with E-state index in [2.05, 4.69) is 5.32 Å². The summed E-state index contributed by atoms with van der Waals surface area (Å²) in [5, 5.41) is 11.7. The molecule has 1 heterocycles. The quantitative estimate of drug-likeness (QED) is 0.746. The minimum absolute atomic E-state index is 0.0278. The van der Waals surface area contributed by atoms with Crippen LogP contribution in [0.4, 0.5) is 0 Å². The van der Waals surface area contributed by atoms with E-state index in [1.165, 1.54) is 0 Å². The van der Waals surface area contributed by atoms with Crippen molar-refractivity contribution in [3.63, 3.8) is 0 Å². The minimum atomic E-state index is -0.865. The molecule has 0 aromatic carbocycles. The summed E-state index contributed by atoms with van der Waals surface area (Å²) in [4.78, 5) is 22.5. The van der Waals surface area contributed by atoms with Crippen LogP contribution in [0.15, 0.2) is 0 Å². The molecule has 2 aliphatic rings. The molecular formula is C12H19NO4. The fourth-order valence-corrected chi connectivity index (χ4v) is 2.43. The number of hydrogen-bond acceptors (Lipinski definition) is 3. The Bertz CT molecular complexity index is 312.